The van der Waals surface area contributed by atoms with Crippen LogP contribution in [-0.4, -0.2) is 43.2 Å². The molecule has 190 valence electrons. The Hall–Kier alpha value is -2.90. The van der Waals surface area contributed by atoms with Crippen molar-refractivity contribution in [2.24, 2.45) is 0 Å². The fraction of sp³-hybridized carbons (Fsp3) is 0.500. The van der Waals surface area contributed by atoms with Gasteiger partial charge in [-0.2, -0.15) is 0 Å². The third-order valence-electron chi connectivity index (χ3n) is 6.71. The highest BCUT2D eigenvalue weighted by atomic mass is 16.5. The van der Waals surface area contributed by atoms with E-state index in [1.54, 1.807) is 0 Å². The molecule has 1 saturated heterocycles. The van der Waals surface area contributed by atoms with E-state index in [0.29, 0.717) is 23.7 Å². The molecule has 1 aromatic carbocycles. The Morgan fingerprint density at radius 1 is 1.17 bits per heavy atom. The number of amides is 1. The SMILES string of the molecule is CC=CCNCc1cc(C(=O)NCc2c(C)cc(C)[nH]c2=O)c(C)c(N(CC)C2CCOCC2)c1. The average molecular weight is 481 g/mol. The maximum Gasteiger partial charge on any atom is 0.253 e. The van der Waals surface area contributed by atoms with Gasteiger partial charge in [0.1, 0.15) is 0 Å². The lowest BCUT2D eigenvalue weighted by Crippen LogP contribution is -2.40. The predicted molar refractivity (Wildman–Crippen MR) is 142 cm³/mol. The van der Waals surface area contributed by atoms with Crippen molar-refractivity contribution in [3.05, 3.63) is 74.2 Å². The first-order valence-corrected chi connectivity index (χ1v) is 12.6. The number of H-pyrrole nitrogens is 1. The lowest BCUT2D eigenvalue weighted by molar-refractivity contribution is 0.0845. The van der Waals surface area contributed by atoms with Gasteiger partial charge in [0.2, 0.25) is 0 Å². The smallest absolute Gasteiger partial charge is 0.253 e. The number of nitrogens with one attached hydrogen (secondary N) is 3. The molecular formula is C28H40N4O3. The number of hydrogen-bond donors (Lipinski definition) is 3. The summed E-state index contributed by atoms with van der Waals surface area (Å²) in [4.78, 5) is 31.1. The maximum atomic E-state index is 13.4. The molecule has 3 rings (SSSR count). The molecule has 1 aromatic heterocycles. The van der Waals surface area contributed by atoms with Crippen LogP contribution in [0.2, 0.25) is 0 Å². The van der Waals surface area contributed by atoms with Crippen molar-refractivity contribution in [2.45, 2.75) is 66.6 Å². The molecule has 1 fully saturated rings. The number of ether oxygens (including phenoxy) is 1. The normalized spacial score (nSPS) is 14.4. The van der Waals surface area contributed by atoms with E-state index < -0.39 is 0 Å². The van der Waals surface area contributed by atoms with Gasteiger partial charge in [0.25, 0.3) is 11.5 Å². The van der Waals surface area contributed by atoms with Crippen LogP contribution in [0.3, 0.4) is 0 Å². The van der Waals surface area contributed by atoms with Gasteiger partial charge in [0.05, 0.1) is 0 Å². The third-order valence-corrected chi connectivity index (χ3v) is 6.71. The van der Waals surface area contributed by atoms with Crippen molar-refractivity contribution < 1.29 is 9.53 Å². The van der Waals surface area contributed by atoms with Gasteiger partial charge in [-0.05, 0) is 82.3 Å². The summed E-state index contributed by atoms with van der Waals surface area (Å²) in [6, 6.07) is 6.50. The molecule has 0 unspecified atom stereocenters. The number of aromatic nitrogens is 1. The molecule has 1 aliphatic heterocycles. The number of aryl methyl sites for hydroxylation is 2. The minimum atomic E-state index is -0.165. The number of benzene rings is 1. The van der Waals surface area contributed by atoms with Crippen LogP contribution in [0, 0.1) is 20.8 Å². The molecule has 0 aliphatic carbocycles. The van der Waals surface area contributed by atoms with Gasteiger partial charge in [0.15, 0.2) is 0 Å². The van der Waals surface area contributed by atoms with E-state index in [2.05, 4.69) is 39.6 Å². The molecule has 0 spiro atoms. The van der Waals surface area contributed by atoms with Crippen molar-refractivity contribution in [2.75, 3.05) is 31.2 Å². The summed E-state index contributed by atoms with van der Waals surface area (Å²) in [6.45, 7) is 14.0. The van der Waals surface area contributed by atoms with E-state index in [0.717, 1.165) is 67.2 Å². The Bertz CT molecular complexity index is 1100. The number of carbonyl (C=O) groups is 1. The van der Waals surface area contributed by atoms with E-state index in [1.807, 2.05) is 45.9 Å². The lowest BCUT2D eigenvalue weighted by Gasteiger charge is -2.37. The summed E-state index contributed by atoms with van der Waals surface area (Å²) in [5.41, 5.74) is 5.90. The zero-order valence-corrected chi connectivity index (χ0v) is 21.8. The van der Waals surface area contributed by atoms with Crippen molar-refractivity contribution in [3.8, 4) is 0 Å². The van der Waals surface area contributed by atoms with E-state index in [4.69, 9.17) is 4.74 Å². The van der Waals surface area contributed by atoms with Gasteiger partial charge in [-0.25, -0.2) is 0 Å². The Kier molecular flexibility index (Phi) is 9.69. The number of carbonyl (C=O) groups excluding carboxylic acids is 1. The second kappa shape index (κ2) is 12.7. The predicted octanol–water partition coefficient (Wildman–Crippen LogP) is 3.90. The first-order chi connectivity index (χ1) is 16.8. The van der Waals surface area contributed by atoms with Crippen molar-refractivity contribution in [1.82, 2.24) is 15.6 Å². The van der Waals surface area contributed by atoms with E-state index >= 15 is 0 Å². The topological polar surface area (TPSA) is 86.5 Å². The first-order valence-electron chi connectivity index (χ1n) is 12.6. The fourth-order valence-electron chi connectivity index (χ4n) is 4.80. The number of rotatable bonds is 10. The highest BCUT2D eigenvalue weighted by molar-refractivity contribution is 5.97. The fourth-order valence-corrected chi connectivity index (χ4v) is 4.80. The van der Waals surface area contributed by atoms with E-state index in [-0.39, 0.29) is 18.0 Å². The monoisotopic (exact) mass is 480 g/mol. The zero-order valence-electron chi connectivity index (χ0n) is 21.8. The molecule has 1 aliphatic rings. The Balaban J connectivity index is 1.91. The van der Waals surface area contributed by atoms with Gasteiger partial charge in [0, 0.05) is 67.9 Å². The average Bonchev–Trinajstić information content (AvgIpc) is 2.83. The Morgan fingerprint density at radius 2 is 1.91 bits per heavy atom. The number of nitrogens with zero attached hydrogens (tertiary/aromatic N) is 1. The van der Waals surface area contributed by atoms with Gasteiger partial charge in [-0.15, -0.1) is 0 Å². The Morgan fingerprint density at radius 3 is 2.57 bits per heavy atom. The number of aromatic amines is 1. The van der Waals surface area contributed by atoms with Crippen LogP contribution in [-0.2, 0) is 17.8 Å². The van der Waals surface area contributed by atoms with Crippen molar-refractivity contribution >= 4 is 11.6 Å². The second-order valence-corrected chi connectivity index (χ2v) is 9.24. The summed E-state index contributed by atoms with van der Waals surface area (Å²) in [6.07, 6.45) is 6.05. The van der Waals surface area contributed by atoms with Crippen LogP contribution < -0.4 is 21.1 Å². The summed E-state index contributed by atoms with van der Waals surface area (Å²) in [7, 11) is 0. The van der Waals surface area contributed by atoms with Crippen LogP contribution in [0.15, 0.2) is 35.1 Å². The zero-order chi connectivity index (χ0) is 25.4. The molecule has 35 heavy (non-hydrogen) atoms. The Labute approximate surface area is 209 Å². The molecule has 2 heterocycles. The largest absolute Gasteiger partial charge is 0.381 e. The number of pyridine rings is 1. The molecule has 7 heteroatoms. The summed E-state index contributed by atoms with van der Waals surface area (Å²) < 4.78 is 5.59. The van der Waals surface area contributed by atoms with Crippen molar-refractivity contribution in [3.63, 3.8) is 0 Å². The van der Waals surface area contributed by atoms with E-state index in [1.165, 1.54) is 0 Å². The molecule has 0 radical (unpaired) electrons. The van der Waals surface area contributed by atoms with Crippen LogP contribution in [0.5, 0.6) is 0 Å². The summed E-state index contributed by atoms with van der Waals surface area (Å²) >= 11 is 0. The lowest BCUT2D eigenvalue weighted by atomic mass is 9.98. The first kappa shape index (κ1) is 26.7. The van der Waals surface area contributed by atoms with Crippen LogP contribution >= 0.6 is 0 Å². The van der Waals surface area contributed by atoms with Gasteiger partial charge in [-0.1, -0.05) is 12.2 Å². The third kappa shape index (κ3) is 6.83. The number of hydrogen-bond acceptors (Lipinski definition) is 5. The summed E-state index contributed by atoms with van der Waals surface area (Å²) in [5.74, 6) is -0.165. The molecule has 0 atom stereocenters. The molecule has 0 bridgehead atoms. The van der Waals surface area contributed by atoms with Crippen LogP contribution in [0.1, 0.15) is 65.0 Å². The molecule has 1 amide bonds. The quantitative estimate of drug-likeness (QED) is 0.355. The standard InChI is InChI=1S/C28H40N4O3/c1-6-8-11-29-17-22-15-24(27(33)30-18-25-19(3)14-20(4)31-28(25)34)21(5)26(16-22)32(7-2)23-9-12-35-13-10-23/h6,8,14-16,23,29H,7,9-13,17-18H2,1-5H3,(H,30,33)(H,31,34). The highest BCUT2D eigenvalue weighted by Gasteiger charge is 2.24. The van der Waals surface area contributed by atoms with Gasteiger partial charge in [-0.3, -0.25) is 9.59 Å². The maximum absolute atomic E-state index is 13.4. The molecule has 0 saturated carbocycles. The van der Waals surface area contributed by atoms with Crippen LogP contribution in [0.25, 0.3) is 0 Å². The minimum absolute atomic E-state index is 0.154. The molecule has 7 nitrogen and oxygen atoms in total. The van der Waals surface area contributed by atoms with E-state index in [9.17, 15) is 9.59 Å². The molecular weight excluding hydrogens is 440 g/mol. The van der Waals surface area contributed by atoms with Crippen LogP contribution in [0.4, 0.5) is 5.69 Å². The second-order valence-electron chi connectivity index (χ2n) is 9.24. The minimum Gasteiger partial charge on any atom is -0.381 e. The number of anilines is 1. The highest BCUT2D eigenvalue weighted by Crippen LogP contribution is 2.30. The van der Waals surface area contributed by atoms with Gasteiger partial charge < -0.3 is 25.3 Å². The summed E-state index contributed by atoms with van der Waals surface area (Å²) in [5, 5.41) is 6.42. The van der Waals surface area contributed by atoms with Crippen molar-refractivity contribution in [1.29, 1.82) is 0 Å². The molecule has 3 N–H and O–H groups in total. The van der Waals surface area contributed by atoms with Gasteiger partial charge >= 0.3 is 0 Å². The molecule has 2 aromatic rings. The number of allylic oxidation sites excluding steroid dienone is 1.